The molecule has 2 aromatic heterocycles. The number of aryl methyl sites for hydroxylation is 1. The summed E-state index contributed by atoms with van der Waals surface area (Å²) in [6.45, 7) is 2.66. The fourth-order valence-electron chi connectivity index (χ4n) is 4.80. The summed E-state index contributed by atoms with van der Waals surface area (Å²) in [5.74, 6) is 0.150. The number of rotatable bonds is 7. The molecule has 0 bridgehead atoms. The Morgan fingerprint density at radius 2 is 1.97 bits per heavy atom. The molecule has 6 rings (SSSR count). The van der Waals surface area contributed by atoms with Crippen molar-refractivity contribution < 1.29 is 18.7 Å². The minimum absolute atomic E-state index is 0.0738. The first kappa shape index (κ1) is 23.4. The first-order valence-corrected chi connectivity index (χ1v) is 12.2. The molecule has 1 atom stereocenters. The number of aromatic nitrogens is 3. The van der Waals surface area contributed by atoms with Gasteiger partial charge in [-0.05, 0) is 61.7 Å². The molecule has 1 saturated carbocycles. The van der Waals surface area contributed by atoms with Gasteiger partial charge in [0.25, 0.3) is 0 Å². The van der Waals surface area contributed by atoms with Crippen LogP contribution >= 0.6 is 0 Å². The number of nitrogens with one attached hydrogen (secondary N) is 1. The van der Waals surface area contributed by atoms with Gasteiger partial charge in [0.2, 0.25) is 11.5 Å². The molecule has 1 amide bonds. The highest BCUT2D eigenvalue weighted by Crippen LogP contribution is 2.49. The van der Waals surface area contributed by atoms with E-state index in [-0.39, 0.29) is 17.3 Å². The molecule has 0 radical (unpaired) electrons. The quantitative estimate of drug-likeness (QED) is 0.417. The number of carbonyl (C=O) groups is 1. The van der Waals surface area contributed by atoms with E-state index in [9.17, 15) is 14.0 Å². The Labute approximate surface area is 212 Å². The number of hydrogen-bond acceptors (Lipinski definition) is 5. The van der Waals surface area contributed by atoms with Crippen LogP contribution in [0.1, 0.15) is 31.4 Å². The predicted octanol–water partition coefficient (Wildman–Crippen LogP) is 3.67. The molecule has 1 N–H and O–H groups in total. The Bertz CT molecular complexity index is 1570. The zero-order valence-corrected chi connectivity index (χ0v) is 20.6. The Hall–Kier alpha value is -3.98. The van der Waals surface area contributed by atoms with Gasteiger partial charge in [-0.15, -0.1) is 0 Å². The second-order valence-corrected chi connectivity index (χ2v) is 10.3. The highest BCUT2D eigenvalue weighted by Gasteiger charge is 2.55. The van der Waals surface area contributed by atoms with Crippen LogP contribution in [0, 0.1) is 11.2 Å². The number of amides is 1. The van der Waals surface area contributed by atoms with Crippen LogP contribution in [0.2, 0.25) is 0 Å². The zero-order chi connectivity index (χ0) is 25.8. The standard InChI is InChI=1S/C28H27FN4O4/c1-27(16-36-17-27)26(35)31-28(10-11-28)25(18-4-3-5-20(29)12-18)37-22-7-8-23-19(13-22)14-30-33(23)21-6-9-24(34)32(2)15-21/h3-9,12-15,25H,10-11,16-17H2,1-2H3,(H,31,35). The minimum atomic E-state index is -0.628. The molecule has 1 unspecified atom stereocenters. The van der Waals surface area contributed by atoms with Gasteiger partial charge in [-0.25, -0.2) is 9.07 Å². The third-order valence-electron chi connectivity index (χ3n) is 7.30. The van der Waals surface area contributed by atoms with Crippen LogP contribution in [0.15, 0.2) is 71.8 Å². The fraction of sp³-hybridized carbons (Fsp3) is 0.321. The molecule has 4 aromatic rings. The SMILES string of the molecule is Cn1cc(-n2ncc3cc(OC(c4cccc(F)c4)C4(NC(=O)C5(C)COC5)CC4)ccc32)ccc1=O. The highest BCUT2D eigenvalue weighted by molar-refractivity contribution is 5.84. The lowest BCUT2D eigenvalue weighted by atomic mass is 9.86. The van der Waals surface area contributed by atoms with Crippen molar-refractivity contribution in [3.05, 3.63) is 88.7 Å². The van der Waals surface area contributed by atoms with Gasteiger partial charge in [0.15, 0.2) is 0 Å². The molecular formula is C28H27FN4O4. The molecule has 9 heteroatoms. The van der Waals surface area contributed by atoms with E-state index in [0.717, 1.165) is 29.4 Å². The van der Waals surface area contributed by atoms with Crippen molar-refractivity contribution in [2.45, 2.75) is 31.4 Å². The van der Waals surface area contributed by atoms with E-state index in [1.54, 1.807) is 36.3 Å². The molecule has 1 aliphatic heterocycles. The molecule has 1 saturated heterocycles. The summed E-state index contributed by atoms with van der Waals surface area (Å²) in [7, 11) is 1.70. The van der Waals surface area contributed by atoms with Gasteiger partial charge in [-0.2, -0.15) is 5.10 Å². The number of nitrogens with zero attached hydrogens (tertiary/aromatic N) is 3. The largest absolute Gasteiger partial charge is 0.483 e. The first-order chi connectivity index (χ1) is 17.8. The molecule has 3 heterocycles. The number of hydrogen-bond donors (Lipinski definition) is 1. The lowest BCUT2D eigenvalue weighted by Crippen LogP contribution is -2.56. The second-order valence-electron chi connectivity index (χ2n) is 10.3. The summed E-state index contributed by atoms with van der Waals surface area (Å²) in [6, 6.07) is 15.2. The van der Waals surface area contributed by atoms with Crippen LogP contribution in [0.25, 0.3) is 16.6 Å². The van der Waals surface area contributed by atoms with Gasteiger partial charge >= 0.3 is 0 Å². The number of fused-ring (bicyclic) bond motifs is 1. The van der Waals surface area contributed by atoms with E-state index in [1.165, 1.54) is 22.8 Å². The summed E-state index contributed by atoms with van der Waals surface area (Å²) < 4.78 is 29.3. The fourth-order valence-corrected chi connectivity index (χ4v) is 4.80. The summed E-state index contributed by atoms with van der Waals surface area (Å²) >= 11 is 0. The molecule has 190 valence electrons. The van der Waals surface area contributed by atoms with Crippen LogP contribution in [0.3, 0.4) is 0 Å². The summed E-state index contributed by atoms with van der Waals surface area (Å²) in [4.78, 5) is 24.8. The summed E-state index contributed by atoms with van der Waals surface area (Å²) in [5.41, 5.74) is 0.985. The van der Waals surface area contributed by atoms with Crippen molar-refractivity contribution in [1.82, 2.24) is 19.7 Å². The monoisotopic (exact) mass is 502 g/mol. The van der Waals surface area contributed by atoms with Crippen molar-refractivity contribution >= 4 is 16.8 Å². The third kappa shape index (κ3) is 4.19. The molecule has 37 heavy (non-hydrogen) atoms. The van der Waals surface area contributed by atoms with Crippen molar-refractivity contribution in [1.29, 1.82) is 0 Å². The first-order valence-electron chi connectivity index (χ1n) is 12.2. The van der Waals surface area contributed by atoms with Crippen LogP contribution in [-0.4, -0.2) is 39.0 Å². The molecule has 1 aliphatic carbocycles. The maximum absolute atomic E-state index is 14.2. The van der Waals surface area contributed by atoms with Crippen molar-refractivity contribution in [3.63, 3.8) is 0 Å². The lowest BCUT2D eigenvalue weighted by Gasteiger charge is -2.39. The van der Waals surface area contributed by atoms with Crippen molar-refractivity contribution in [2.75, 3.05) is 13.2 Å². The van der Waals surface area contributed by atoms with Crippen molar-refractivity contribution in [2.24, 2.45) is 12.5 Å². The van der Waals surface area contributed by atoms with Gasteiger partial charge in [-0.1, -0.05) is 12.1 Å². The van der Waals surface area contributed by atoms with E-state index >= 15 is 0 Å². The van der Waals surface area contributed by atoms with E-state index in [4.69, 9.17) is 9.47 Å². The number of pyridine rings is 1. The summed E-state index contributed by atoms with van der Waals surface area (Å²) in [5, 5.41) is 8.55. The average Bonchev–Trinajstić information content (AvgIpc) is 3.51. The van der Waals surface area contributed by atoms with Crippen LogP contribution in [0.5, 0.6) is 5.75 Å². The smallest absolute Gasteiger partial charge is 0.250 e. The molecule has 2 fully saturated rings. The Balaban J connectivity index is 1.33. The Kier molecular flexibility index (Phi) is 5.41. The van der Waals surface area contributed by atoms with E-state index < -0.39 is 17.1 Å². The number of ether oxygens (including phenoxy) is 2. The normalized spacial score (nSPS) is 18.1. The lowest BCUT2D eigenvalue weighted by molar-refractivity contribution is -0.159. The highest BCUT2D eigenvalue weighted by atomic mass is 19.1. The molecule has 8 nitrogen and oxygen atoms in total. The van der Waals surface area contributed by atoms with Gasteiger partial charge in [0.05, 0.1) is 41.6 Å². The average molecular weight is 503 g/mol. The van der Waals surface area contributed by atoms with Crippen LogP contribution in [0.4, 0.5) is 4.39 Å². The van der Waals surface area contributed by atoms with Gasteiger partial charge < -0.3 is 19.4 Å². The Morgan fingerprint density at radius 3 is 2.65 bits per heavy atom. The molecule has 0 spiro atoms. The maximum Gasteiger partial charge on any atom is 0.250 e. The Morgan fingerprint density at radius 1 is 1.16 bits per heavy atom. The predicted molar refractivity (Wildman–Crippen MR) is 135 cm³/mol. The molecule has 2 aromatic carbocycles. The van der Waals surface area contributed by atoms with Gasteiger partial charge in [-0.3, -0.25) is 9.59 Å². The van der Waals surface area contributed by atoms with E-state index in [0.29, 0.717) is 24.5 Å². The van der Waals surface area contributed by atoms with Crippen LogP contribution < -0.4 is 15.6 Å². The third-order valence-corrected chi connectivity index (χ3v) is 7.30. The number of benzene rings is 2. The topological polar surface area (TPSA) is 87.4 Å². The second kappa shape index (κ2) is 8.55. The summed E-state index contributed by atoms with van der Waals surface area (Å²) in [6.07, 6.45) is 4.34. The van der Waals surface area contributed by atoms with Crippen LogP contribution in [-0.2, 0) is 16.6 Å². The number of halogens is 1. The maximum atomic E-state index is 14.2. The van der Waals surface area contributed by atoms with Gasteiger partial charge in [0, 0.05) is 24.7 Å². The van der Waals surface area contributed by atoms with E-state index in [2.05, 4.69) is 10.4 Å². The van der Waals surface area contributed by atoms with E-state index in [1.807, 2.05) is 31.2 Å². The molecule has 2 aliphatic rings. The van der Waals surface area contributed by atoms with Gasteiger partial charge in [0.1, 0.15) is 17.7 Å². The van der Waals surface area contributed by atoms with Crippen molar-refractivity contribution in [3.8, 4) is 11.4 Å². The number of carbonyl (C=O) groups excluding carboxylic acids is 1. The zero-order valence-electron chi connectivity index (χ0n) is 20.6. The molecular weight excluding hydrogens is 475 g/mol. The minimum Gasteiger partial charge on any atom is -0.483 e.